The van der Waals surface area contributed by atoms with Crippen LogP contribution in [0.1, 0.15) is 67.6 Å². The van der Waals surface area contributed by atoms with Crippen molar-refractivity contribution in [3.63, 3.8) is 0 Å². The Morgan fingerprint density at radius 3 is 2.70 bits per heavy atom. The second-order valence-electron chi connectivity index (χ2n) is 6.64. The third-order valence-electron chi connectivity index (χ3n) is 5.47. The van der Waals surface area contributed by atoms with Gasteiger partial charge in [0.1, 0.15) is 0 Å². The average Bonchev–Trinajstić information content (AvgIpc) is 2.54. The van der Waals surface area contributed by atoms with Gasteiger partial charge in [0.05, 0.1) is 0 Å². The van der Waals surface area contributed by atoms with Crippen molar-refractivity contribution in [3.8, 4) is 0 Å². The van der Waals surface area contributed by atoms with E-state index in [-0.39, 0.29) is 0 Å². The van der Waals surface area contributed by atoms with E-state index in [2.05, 4.69) is 30.4 Å². The molecular weight excluding hydrogens is 240 g/mol. The third-order valence-corrected chi connectivity index (χ3v) is 5.47. The summed E-state index contributed by atoms with van der Waals surface area (Å²) in [6, 6.07) is 7.10. The van der Waals surface area contributed by atoms with Gasteiger partial charge in [0.2, 0.25) is 0 Å². The van der Waals surface area contributed by atoms with Crippen LogP contribution in [0.4, 0.5) is 0 Å². The summed E-state index contributed by atoms with van der Waals surface area (Å²) in [6.07, 6.45) is 16.9. The minimum Gasteiger partial charge on any atom is -0.0833 e. The summed E-state index contributed by atoms with van der Waals surface area (Å²) in [5, 5.41) is 0. The second kappa shape index (κ2) is 5.24. The Morgan fingerprint density at radius 2 is 1.70 bits per heavy atom. The van der Waals surface area contributed by atoms with Gasteiger partial charge >= 0.3 is 0 Å². The van der Waals surface area contributed by atoms with Crippen molar-refractivity contribution in [2.75, 3.05) is 0 Å². The molecule has 1 aromatic carbocycles. The molecular formula is C20H24. The van der Waals surface area contributed by atoms with Crippen LogP contribution < -0.4 is 0 Å². The molecule has 0 aromatic heterocycles. The van der Waals surface area contributed by atoms with Gasteiger partial charge in [0.25, 0.3) is 0 Å². The summed E-state index contributed by atoms with van der Waals surface area (Å²) in [4.78, 5) is 0. The highest BCUT2D eigenvalue weighted by Gasteiger charge is 2.26. The Kier molecular flexibility index (Phi) is 3.26. The maximum absolute atomic E-state index is 2.43. The predicted octanol–water partition coefficient (Wildman–Crippen LogP) is 5.48. The first-order valence-corrected chi connectivity index (χ1v) is 8.42. The molecule has 0 fully saturated rings. The van der Waals surface area contributed by atoms with Crippen molar-refractivity contribution in [2.24, 2.45) is 0 Å². The van der Waals surface area contributed by atoms with E-state index in [1.807, 2.05) is 0 Å². The number of aryl methyl sites for hydroxylation is 1. The van der Waals surface area contributed by atoms with Crippen molar-refractivity contribution in [3.05, 3.63) is 58.2 Å². The van der Waals surface area contributed by atoms with Crippen LogP contribution in [0.3, 0.4) is 0 Å². The quantitative estimate of drug-likeness (QED) is 0.630. The molecule has 104 valence electrons. The minimum atomic E-state index is 0.698. The predicted molar refractivity (Wildman–Crippen MR) is 85.1 cm³/mol. The summed E-state index contributed by atoms with van der Waals surface area (Å²) in [6.45, 7) is 0. The molecule has 0 saturated heterocycles. The SMILES string of the molecule is C1=CC2=C(CCCC2)C(c2cccc3c2CCCC3)C1. The monoisotopic (exact) mass is 264 g/mol. The lowest BCUT2D eigenvalue weighted by Crippen LogP contribution is -2.15. The molecule has 0 N–H and O–H groups in total. The van der Waals surface area contributed by atoms with Gasteiger partial charge in [-0.1, -0.05) is 35.9 Å². The van der Waals surface area contributed by atoms with Gasteiger partial charge in [-0.15, -0.1) is 0 Å². The highest BCUT2D eigenvalue weighted by molar-refractivity contribution is 5.47. The molecule has 1 atom stereocenters. The first-order chi connectivity index (χ1) is 9.93. The van der Waals surface area contributed by atoms with Crippen LogP contribution >= 0.6 is 0 Å². The van der Waals surface area contributed by atoms with Gasteiger partial charge in [-0.3, -0.25) is 0 Å². The molecule has 3 aliphatic carbocycles. The van der Waals surface area contributed by atoms with Gasteiger partial charge in [-0.2, -0.15) is 0 Å². The molecule has 0 radical (unpaired) electrons. The van der Waals surface area contributed by atoms with E-state index in [9.17, 15) is 0 Å². The summed E-state index contributed by atoms with van der Waals surface area (Å²) < 4.78 is 0. The second-order valence-corrected chi connectivity index (χ2v) is 6.64. The van der Waals surface area contributed by atoms with E-state index >= 15 is 0 Å². The summed E-state index contributed by atoms with van der Waals surface area (Å²) in [7, 11) is 0. The fraction of sp³-hybridized carbons (Fsp3) is 0.500. The lowest BCUT2D eigenvalue weighted by atomic mass is 9.73. The smallest absolute Gasteiger partial charge is 0.00914 e. The maximum Gasteiger partial charge on any atom is 0.00914 e. The molecule has 4 rings (SSSR count). The molecule has 0 spiro atoms. The zero-order valence-electron chi connectivity index (χ0n) is 12.3. The van der Waals surface area contributed by atoms with Crippen molar-refractivity contribution in [1.82, 2.24) is 0 Å². The van der Waals surface area contributed by atoms with Crippen molar-refractivity contribution in [2.45, 2.75) is 63.7 Å². The molecule has 3 aliphatic rings. The Morgan fingerprint density at radius 1 is 0.850 bits per heavy atom. The van der Waals surface area contributed by atoms with Gasteiger partial charge < -0.3 is 0 Å². The number of fused-ring (bicyclic) bond motifs is 1. The van der Waals surface area contributed by atoms with Gasteiger partial charge in [0.15, 0.2) is 0 Å². The van der Waals surface area contributed by atoms with Crippen LogP contribution in [0.5, 0.6) is 0 Å². The Bertz CT molecular complexity index is 574. The minimum absolute atomic E-state index is 0.698. The Hall–Kier alpha value is -1.30. The first kappa shape index (κ1) is 12.4. The summed E-state index contributed by atoms with van der Waals surface area (Å²) >= 11 is 0. The van der Waals surface area contributed by atoms with E-state index < -0.39 is 0 Å². The zero-order valence-corrected chi connectivity index (χ0v) is 12.3. The Balaban J connectivity index is 1.78. The molecule has 0 heterocycles. The van der Waals surface area contributed by atoms with Crippen LogP contribution in [0, 0.1) is 0 Å². The molecule has 0 bridgehead atoms. The fourth-order valence-electron chi connectivity index (χ4n) is 4.48. The molecule has 1 aromatic rings. The maximum atomic E-state index is 2.43. The highest BCUT2D eigenvalue weighted by atomic mass is 14.3. The molecule has 0 amide bonds. The first-order valence-electron chi connectivity index (χ1n) is 8.42. The summed E-state index contributed by atoms with van der Waals surface area (Å²) in [5.41, 5.74) is 8.46. The van der Waals surface area contributed by atoms with Crippen LogP contribution in [-0.2, 0) is 12.8 Å². The number of benzene rings is 1. The summed E-state index contributed by atoms with van der Waals surface area (Å²) in [5.74, 6) is 0.698. The standard InChI is InChI=1S/C20H24/c1-3-11-17-15(7-1)9-5-13-19(17)20-14-6-10-16-8-2-4-12-18(16)20/h5-6,9-10,13,20H,1-4,7-8,11-12,14H2. The van der Waals surface area contributed by atoms with Gasteiger partial charge in [0, 0.05) is 5.92 Å². The van der Waals surface area contributed by atoms with E-state index in [1.54, 1.807) is 27.8 Å². The molecule has 1 unspecified atom stereocenters. The van der Waals surface area contributed by atoms with Crippen molar-refractivity contribution >= 4 is 0 Å². The molecule has 20 heavy (non-hydrogen) atoms. The van der Waals surface area contributed by atoms with Crippen molar-refractivity contribution < 1.29 is 0 Å². The number of allylic oxidation sites excluding steroid dienone is 4. The van der Waals surface area contributed by atoms with Crippen LogP contribution in [0.2, 0.25) is 0 Å². The van der Waals surface area contributed by atoms with Gasteiger partial charge in [-0.25, -0.2) is 0 Å². The largest absolute Gasteiger partial charge is 0.0833 e. The topological polar surface area (TPSA) is 0 Å². The number of rotatable bonds is 1. The van der Waals surface area contributed by atoms with E-state index in [0.29, 0.717) is 5.92 Å². The van der Waals surface area contributed by atoms with E-state index in [4.69, 9.17) is 0 Å². The number of hydrogen-bond donors (Lipinski definition) is 0. The molecule has 0 nitrogen and oxygen atoms in total. The van der Waals surface area contributed by atoms with Crippen molar-refractivity contribution in [1.29, 1.82) is 0 Å². The molecule has 0 aliphatic heterocycles. The lowest BCUT2D eigenvalue weighted by molar-refractivity contribution is 0.605. The Labute approximate surface area is 122 Å². The van der Waals surface area contributed by atoms with E-state index in [1.165, 1.54) is 57.8 Å². The normalized spacial score (nSPS) is 25.3. The molecule has 0 saturated carbocycles. The lowest BCUT2D eigenvalue weighted by Gasteiger charge is -2.32. The third kappa shape index (κ3) is 2.06. The zero-order chi connectivity index (χ0) is 13.4. The average molecular weight is 264 g/mol. The van der Waals surface area contributed by atoms with E-state index in [0.717, 1.165) is 0 Å². The number of hydrogen-bond acceptors (Lipinski definition) is 0. The van der Waals surface area contributed by atoms with Crippen LogP contribution in [0.25, 0.3) is 0 Å². The van der Waals surface area contributed by atoms with Gasteiger partial charge in [-0.05, 0) is 80.1 Å². The molecule has 0 heteroatoms. The fourth-order valence-corrected chi connectivity index (χ4v) is 4.48. The van der Waals surface area contributed by atoms with Crippen LogP contribution in [0.15, 0.2) is 41.5 Å². The highest BCUT2D eigenvalue weighted by Crippen LogP contribution is 2.43. The van der Waals surface area contributed by atoms with Crippen LogP contribution in [-0.4, -0.2) is 0 Å².